The summed E-state index contributed by atoms with van der Waals surface area (Å²) in [6, 6.07) is 17.1. The summed E-state index contributed by atoms with van der Waals surface area (Å²) in [5, 5.41) is 1.06. The molecule has 2 saturated carbocycles. The third kappa shape index (κ3) is 3.91. The van der Waals surface area contributed by atoms with Crippen LogP contribution >= 0.6 is 0 Å². The summed E-state index contributed by atoms with van der Waals surface area (Å²) < 4.78 is 10.6. The summed E-state index contributed by atoms with van der Waals surface area (Å²) in [5.74, 6) is 3.50. The summed E-state index contributed by atoms with van der Waals surface area (Å²) >= 11 is 0. The Labute approximate surface area is 276 Å². The van der Waals surface area contributed by atoms with Crippen molar-refractivity contribution in [2.45, 2.75) is 57.7 Å². The van der Waals surface area contributed by atoms with E-state index in [4.69, 9.17) is 14.7 Å². The van der Waals surface area contributed by atoms with E-state index in [1.54, 1.807) is 13.3 Å². The molecular formula is C38H37N7O3. The maximum absolute atomic E-state index is 14.1. The van der Waals surface area contributed by atoms with Gasteiger partial charge in [0.1, 0.15) is 16.9 Å². The Morgan fingerprint density at radius 3 is 2.52 bits per heavy atom. The molecule has 2 N–H and O–H groups in total. The fourth-order valence-electron chi connectivity index (χ4n) is 9.21. The maximum atomic E-state index is 14.1. The van der Waals surface area contributed by atoms with Gasteiger partial charge in [-0.3, -0.25) is 4.79 Å². The average Bonchev–Trinajstić information content (AvgIpc) is 3.32. The number of aryl methyl sites for hydroxylation is 1. The molecule has 2 bridgehead atoms. The molecule has 1 saturated heterocycles. The molecule has 1 amide bonds. The molecule has 0 spiro atoms. The van der Waals surface area contributed by atoms with Gasteiger partial charge in [0.25, 0.3) is 5.91 Å². The van der Waals surface area contributed by atoms with Crippen molar-refractivity contribution in [1.82, 2.24) is 34.0 Å². The van der Waals surface area contributed by atoms with Crippen LogP contribution in [-0.4, -0.2) is 59.1 Å². The van der Waals surface area contributed by atoms with E-state index < -0.39 is 0 Å². The van der Waals surface area contributed by atoms with Gasteiger partial charge in [0.05, 0.1) is 29.7 Å². The van der Waals surface area contributed by atoms with Crippen molar-refractivity contribution >= 4 is 28.0 Å². The van der Waals surface area contributed by atoms with Crippen molar-refractivity contribution in [2.24, 2.45) is 24.8 Å². The number of piperidine rings is 1. The van der Waals surface area contributed by atoms with E-state index in [1.165, 1.54) is 19.3 Å². The maximum Gasteiger partial charge on any atom is 0.323 e. The third-order valence-corrected chi connectivity index (χ3v) is 11.8. The smallest absolute Gasteiger partial charge is 0.323 e. The van der Waals surface area contributed by atoms with Crippen molar-refractivity contribution in [3.8, 4) is 39.8 Å². The normalized spacial score (nSPS) is 23.0. The number of pyridine rings is 1. The molecule has 4 aromatic heterocycles. The number of rotatable bonds is 6. The number of nitrogens with zero attached hydrogens (tertiary/aromatic N) is 5. The van der Waals surface area contributed by atoms with Gasteiger partial charge < -0.3 is 28.7 Å². The third-order valence-electron chi connectivity index (χ3n) is 11.8. The van der Waals surface area contributed by atoms with E-state index in [-0.39, 0.29) is 17.6 Å². The number of amides is 1. The highest BCUT2D eigenvalue weighted by Crippen LogP contribution is 2.52. The Morgan fingerprint density at radius 1 is 0.958 bits per heavy atom. The minimum atomic E-state index is -0.220. The lowest BCUT2D eigenvalue weighted by Crippen LogP contribution is -2.49. The first-order valence-electron chi connectivity index (χ1n) is 17.2. The summed E-state index contributed by atoms with van der Waals surface area (Å²) in [4.78, 5) is 43.8. The number of fused-ring (bicyclic) bond motifs is 8. The number of aromatic amines is 2. The average molecular weight is 640 g/mol. The molecular weight excluding hydrogens is 602 g/mol. The number of nitrogens with one attached hydrogen (secondary N) is 2. The first kappa shape index (κ1) is 27.9. The van der Waals surface area contributed by atoms with Gasteiger partial charge in [-0.25, -0.2) is 14.8 Å². The van der Waals surface area contributed by atoms with Gasteiger partial charge in [0, 0.05) is 53.9 Å². The van der Waals surface area contributed by atoms with Crippen molar-refractivity contribution in [3.63, 3.8) is 0 Å². The van der Waals surface area contributed by atoms with E-state index in [0.29, 0.717) is 23.8 Å². The summed E-state index contributed by atoms with van der Waals surface area (Å²) in [6.45, 7) is 3.20. The van der Waals surface area contributed by atoms with E-state index in [1.807, 2.05) is 30.3 Å². The Kier molecular flexibility index (Phi) is 5.79. The van der Waals surface area contributed by atoms with Crippen LogP contribution < -0.4 is 10.4 Å². The Hall–Kier alpha value is -5.12. The number of H-pyrrole nitrogens is 2. The molecule has 4 aliphatic rings. The molecule has 2 aliphatic carbocycles. The fraction of sp³-hybridized carbons (Fsp3) is 0.368. The monoisotopic (exact) mass is 639 g/mol. The van der Waals surface area contributed by atoms with Gasteiger partial charge in [-0.2, -0.15) is 0 Å². The quantitative estimate of drug-likeness (QED) is 0.227. The van der Waals surface area contributed by atoms with Gasteiger partial charge in [0.15, 0.2) is 5.82 Å². The molecule has 48 heavy (non-hydrogen) atoms. The van der Waals surface area contributed by atoms with Crippen LogP contribution in [0, 0.1) is 17.8 Å². The van der Waals surface area contributed by atoms with Crippen LogP contribution in [0.5, 0.6) is 5.75 Å². The second-order valence-electron chi connectivity index (χ2n) is 14.4. The molecule has 6 heterocycles. The van der Waals surface area contributed by atoms with Crippen LogP contribution in [0.1, 0.15) is 48.5 Å². The Balaban J connectivity index is 1.09. The lowest BCUT2D eigenvalue weighted by Gasteiger charge is -2.40. The van der Waals surface area contributed by atoms with Crippen molar-refractivity contribution in [3.05, 3.63) is 76.3 Å². The van der Waals surface area contributed by atoms with Gasteiger partial charge in [-0.1, -0.05) is 31.2 Å². The SMILES string of the molecule is COc1c2c(cc3nc(-c4cc5ccc(-c6ccc(-c7c[nH]c(=O)[nH]7)cc6)nc5n4CC4CC4)n(C)c13)C(=O)N1C(C2)C2CCC1[C@@H]2C. The molecule has 4 atom stereocenters. The number of hydrogen-bond acceptors (Lipinski definition) is 5. The van der Waals surface area contributed by atoms with E-state index >= 15 is 0 Å². The van der Waals surface area contributed by atoms with Crippen LogP contribution in [0.2, 0.25) is 0 Å². The van der Waals surface area contributed by atoms with E-state index in [2.05, 4.69) is 56.2 Å². The Bertz CT molecular complexity index is 2360. The second-order valence-corrected chi connectivity index (χ2v) is 14.4. The van der Waals surface area contributed by atoms with E-state index in [9.17, 15) is 9.59 Å². The highest BCUT2D eigenvalue weighted by molar-refractivity contribution is 6.04. The number of aromatic nitrogens is 6. The number of hydrogen-bond donors (Lipinski definition) is 2. The predicted molar refractivity (Wildman–Crippen MR) is 184 cm³/mol. The molecule has 0 radical (unpaired) electrons. The summed E-state index contributed by atoms with van der Waals surface area (Å²) in [7, 11) is 3.79. The lowest BCUT2D eigenvalue weighted by molar-refractivity contribution is 0.0555. The van der Waals surface area contributed by atoms with Crippen LogP contribution in [0.3, 0.4) is 0 Å². The first-order valence-corrected chi connectivity index (χ1v) is 17.2. The van der Waals surface area contributed by atoms with E-state index in [0.717, 1.165) is 92.4 Å². The highest BCUT2D eigenvalue weighted by Gasteiger charge is 2.55. The van der Waals surface area contributed by atoms with Gasteiger partial charge in [0.2, 0.25) is 0 Å². The zero-order valence-electron chi connectivity index (χ0n) is 27.3. The minimum Gasteiger partial charge on any atom is -0.494 e. The molecule has 3 unspecified atom stereocenters. The van der Waals surface area contributed by atoms with Crippen molar-refractivity contribution in [2.75, 3.05) is 7.11 Å². The molecule has 2 aromatic carbocycles. The molecule has 3 fully saturated rings. The Morgan fingerprint density at radius 2 is 1.77 bits per heavy atom. The van der Waals surface area contributed by atoms with Crippen LogP contribution in [0.25, 0.3) is 56.1 Å². The number of ether oxygens (including phenoxy) is 1. The minimum absolute atomic E-state index is 0.140. The standard InChI is InChI=1S/C38H37N7O3/c1-19-24-11-13-30(19)45-31(24)16-25-26(37(45)46)15-28-33(34(25)48-3)43(2)36(41-28)32-14-23-10-12-27(40-35(23)44(32)18-20-4-5-20)21-6-8-22(9-7-21)29-17-39-38(47)42-29/h6-10,12,14-15,17,19-20,24,30-31H,4-5,11,13,16,18H2,1-3H3,(H2,39,42,47)/t19-,24?,30?,31?/m1/s1. The number of benzene rings is 2. The fourth-order valence-corrected chi connectivity index (χ4v) is 9.21. The second kappa shape index (κ2) is 9.95. The molecule has 10 heteroatoms. The topological polar surface area (TPSA) is 114 Å². The predicted octanol–water partition coefficient (Wildman–Crippen LogP) is 6.15. The number of carbonyl (C=O) groups is 1. The zero-order chi connectivity index (χ0) is 32.4. The molecule has 2 aliphatic heterocycles. The largest absolute Gasteiger partial charge is 0.494 e. The summed E-state index contributed by atoms with van der Waals surface area (Å²) in [5.41, 5.74) is 8.82. The van der Waals surface area contributed by atoms with Crippen LogP contribution in [0.15, 0.2) is 59.5 Å². The van der Waals surface area contributed by atoms with Gasteiger partial charge >= 0.3 is 5.69 Å². The van der Waals surface area contributed by atoms with Gasteiger partial charge in [-0.05, 0) is 79.7 Å². The van der Waals surface area contributed by atoms with Crippen LogP contribution in [0.4, 0.5) is 0 Å². The van der Waals surface area contributed by atoms with Crippen molar-refractivity contribution in [1.29, 1.82) is 0 Å². The molecule has 242 valence electrons. The molecule has 10 nitrogen and oxygen atoms in total. The number of methoxy groups -OCH3 is 1. The first-order chi connectivity index (χ1) is 23.4. The van der Waals surface area contributed by atoms with Crippen LogP contribution in [-0.2, 0) is 20.0 Å². The summed E-state index contributed by atoms with van der Waals surface area (Å²) in [6.07, 6.45) is 7.27. The van der Waals surface area contributed by atoms with Crippen molar-refractivity contribution < 1.29 is 9.53 Å². The highest BCUT2D eigenvalue weighted by atomic mass is 16.5. The molecule has 6 aromatic rings. The van der Waals surface area contributed by atoms with Gasteiger partial charge in [-0.15, -0.1) is 0 Å². The lowest BCUT2D eigenvalue weighted by atomic mass is 9.84. The molecule has 10 rings (SSSR count). The zero-order valence-corrected chi connectivity index (χ0v) is 27.3. The number of imidazole rings is 2. The number of carbonyl (C=O) groups excluding carboxylic acids is 1.